The van der Waals surface area contributed by atoms with Gasteiger partial charge in [-0.3, -0.25) is 4.79 Å². The van der Waals surface area contributed by atoms with Gasteiger partial charge in [-0.2, -0.15) is 0 Å². The highest BCUT2D eigenvalue weighted by molar-refractivity contribution is 7.17. The minimum atomic E-state index is -0.0578. The summed E-state index contributed by atoms with van der Waals surface area (Å²) >= 11 is 1.53. The van der Waals surface area contributed by atoms with Crippen molar-refractivity contribution in [2.24, 2.45) is 0 Å². The number of rotatable bonds is 3. The number of para-hydroxylation sites is 1. The number of nitrogens with one attached hydrogen (secondary N) is 1. The number of anilines is 1. The fraction of sp³-hybridized carbons (Fsp3) is 0.143. The molecule has 0 fully saturated rings. The van der Waals surface area contributed by atoms with Crippen LogP contribution >= 0.6 is 11.3 Å². The number of thiophene rings is 1. The van der Waals surface area contributed by atoms with Crippen molar-refractivity contribution in [2.45, 2.75) is 13.0 Å². The van der Waals surface area contributed by atoms with Gasteiger partial charge in [-0.25, -0.2) is 4.98 Å². The third kappa shape index (κ3) is 2.52. The average Bonchev–Trinajstić information content (AvgIpc) is 3.28. The van der Waals surface area contributed by atoms with Gasteiger partial charge in [0.2, 0.25) is 0 Å². The number of benzene rings is 2. The first kappa shape index (κ1) is 15.3. The highest BCUT2D eigenvalue weighted by Crippen LogP contribution is 2.31. The van der Waals surface area contributed by atoms with Crippen molar-refractivity contribution in [3.63, 3.8) is 0 Å². The molecule has 0 aliphatic carbocycles. The lowest BCUT2D eigenvalue weighted by atomic mass is 10.1. The molecular formula is C21H17N3OS. The second kappa shape index (κ2) is 6.11. The first-order valence-corrected chi connectivity index (χ1v) is 9.56. The Morgan fingerprint density at radius 1 is 1.08 bits per heavy atom. The molecule has 0 radical (unpaired) electrons. The molecule has 0 amide bonds. The molecule has 5 heteroatoms. The van der Waals surface area contributed by atoms with Crippen molar-refractivity contribution >= 4 is 27.2 Å². The van der Waals surface area contributed by atoms with Crippen molar-refractivity contribution < 1.29 is 0 Å². The summed E-state index contributed by atoms with van der Waals surface area (Å²) in [6, 6.07) is 18.4. The van der Waals surface area contributed by atoms with Gasteiger partial charge >= 0.3 is 0 Å². The SMILES string of the molecule is O=c1[nH]c(CN2CCc3ccccc32)nc2scc(-c3ccccc3)c12. The third-order valence-corrected chi connectivity index (χ3v) is 5.77. The van der Waals surface area contributed by atoms with E-state index in [0.29, 0.717) is 11.9 Å². The van der Waals surface area contributed by atoms with Crippen LogP contribution in [0, 0.1) is 0 Å². The second-order valence-electron chi connectivity index (χ2n) is 6.51. The summed E-state index contributed by atoms with van der Waals surface area (Å²) in [5, 5.41) is 2.71. The number of aromatic nitrogens is 2. The van der Waals surface area contributed by atoms with Crippen LogP contribution in [-0.4, -0.2) is 16.5 Å². The molecule has 5 rings (SSSR count). The van der Waals surface area contributed by atoms with E-state index in [4.69, 9.17) is 4.98 Å². The van der Waals surface area contributed by atoms with Gasteiger partial charge in [-0.1, -0.05) is 48.5 Å². The zero-order valence-electron chi connectivity index (χ0n) is 14.1. The van der Waals surface area contributed by atoms with E-state index in [1.54, 1.807) is 0 Å². The van der Waals surface area contributed by atoms with Crippen LogP contribution < -0.4 is 10.5 Å². The molecule has 2 aromatic carbocycles. The maximum Gasteiger partial charge on any atom is 0.260 e. The highest BCUT2D eigenvalue weighted by Gasteiger charge is 2.20. The van der Waals surface area contributed by atoms with Gasteiger partial charge in [0.25, 0.3) is 5.56 Å². The van der Waals surface area contributed by atoms with E-state index in [-0.39, 0.29) is 5.56 Å². The lowest BCUT2D eigenvalue weighted by Crippen LogP contribution is -2.23. The van der Waals surface area contributed by atoms with E-state index >= 15 is 0 Å². The molecule has 1 aliphatic rings. The number of hydrogen-bond acceptors (Lipinski definition) is 4. The summed E-state index contributed by atoms with van der Waals surface area (Å²) in [6.07, 6.45) is 1.04. The van der Waals surface area contributed by atoms with Crippen LogP contribution in [0.15, 0.2) is 64.8 Å². The smallest absolute Gasteiger partial charge is 0.260 e. The summed E-state index contributed by atoms with van der Waals surface area (Å²) in [6.45, 7) is 1.58. The Balaban J connectivity index is 1.53. The zero-order valence-corrected chi connectivity index (χ0v) is 14.9. The van der Waals surface area contributed by atoms with Gasteiger partial charge in [0.1, 0.15) is 10.7 Å². The number of H-pyrrole nitrogens is 1. The average molecular weight is 359 g/mol. The van der Waals surface area contributed by atoms with Gasteiger partial charge in [-0.15, -0.1) is 11.3 Å². The van der Waals surface area contributed by atoms with Crippen LogP contribution in [-0.2, 0) is 13.0 Å². The molecule has 0 saturated carbocycles. The van der Waals surface area contributed by atoms with Crippen molar-refractivity contribution in [3.8, 4) is 11.1 Å². The summed E-state index contributed by atoms with van der Waals surface area (Å²) in [4.78, 5) is 23.6. The topological polar surface area (TPSA) is 49.0 Å². The van der Waals surface area contributed by atoms with Gasteiger partial charge in [0.15, 0.2) is 0 Å². The van der Waals surface area contributed by atoms with E-state index in [0.717, 1.165) is 34.7 Å². The second-order valence-corrected chi connectivity index (χ2v) is 7.37. The Hall–Kier alpha value is -2.92. The van der Waals surface area contributed by atoms with Crippen LogP contribution in [0.25, 0.3) is 21.3 Å². The van der Waals surface area contributed by atoms with E-state index in [1.807, 2.05) is 35.7 Å². The Morgan fingerprint density at radius 3 is 2.77 bits per heavy atom. The normalized spacial score (nSPS) is 13.3. The van der Waals surface area contributed by atoms with E-state index in [2.05, 4.69) is 34.1 Å². The van der Waals surface area contributed by atoms with Gasteiger partial charge in [0.05, 0.1) is 11.9 Å². The molecule has 128 valence electrons. The van der Waals surface area contributed by atoms with Crippen LogP contribution in [0.2, 0.25) is 0 Å². The first-order valence-electron chi connectivity index (χ1n) is 8.68. The minimum Gasteiger partial charge on any atom is -0.364 e. The Bertz CT molecular complexity index is 1150. The van der Waals surface area contributed by atoms with Crippen LogP contribution in [0.4, 0.5) is 5.69 Å². The molecule has 4 aromatic rings. The molecule has 26 heavy (non-hydrogen) atoms. The standard InChI is InChI=1S/C21H17N3OS/c25-20-19-16(14-6-2-1-3-7-14)13-26-21(19)23-18(22-20)12-24-11-10-15-8-4-5-9-17(15)24/h1-9,13H,10-12H2,(H,22,23,25). The number of aromatic amines is 1. The molecule has 0 bridgehead atoms. The molecule has 4 nitrogen and oxygen atoms in total. The van der Waals surface area contributed by atoms with E-state index in [9.17, 15) is 4.79 Å². The van der Waals surface area contributed by atoms with Crippen molar-refractivity contribution in [2.75, 3.05) is 11.4 Å². The van der Waals surface area contributed by atoms with Gasteiger partial charge < -0.3 is 9.88 Å². The van der Waals surface area contributed by atoms with Crippen LogP contribution in [0.3, 0.4) is 0 Å². The molecule has 0 unspecified atom stereocenters. The van der Waals surface area contributed by atoms with E-state index < -0.39 is 0 Å². The number of nitrogens with zero attached hydrogens (tertiary/aromatic N) is 2. The summed E-state index contributed by atoms with van der Waals surface area (Å²) < 4.78 is 0. The fourth-order valence-electron chi connectivity index (χ4n) is 3.65. The predicted molar refractivity (Wildman–Crippen MR) is 107 cm³/mol. The lowest BCUT2D eigenvalue weighted by Gasteiger charge is -2.18. The fourth-order valence-corrected chi connectivity index (χ4v) is 4.62. The first-order chi connectivity index (χ1) is 12.8. The third-order valence-electron chi connectivity index (χ3n) is 4.90. The Labute approximate surface area is 154 Å². The zero-order chi connectivity index (χ0) is 17.5. The van der Waals surface area contributed by atoms with Crippen molar-refractivity contribution in [1.82, 2.24) is 9.97 Å². The highest BCUT2D eigenvalue weighted by atomic mass is 32.1. The van der Waals surface area contributed by atoms with E-state index in [1.165, 1.54) is 22.6 Å². The Kier molecular flexibility index (Phi) is 3.60. The molecule has 0 atom stereocenters. The Morgan fingerprint density at radius 2 is 1.88 bits per heavy atom. The molecule has 0 saturated heterocycles. The van der Waals surface area contributed by atoms with Crippen LogP contribution in [0.5, 0.6) is 0 Å². The number of fused-ring (bicyclic) bond motifs is 2. The van der Waals surface area contributed by atoms with Gasteiger partial charge in [0, 0.05) is 23.2 Å². The summed E-state index contributed by atoms with van der Waals surface area (Å²) in [7, 11) is 0. The van der Waals surface area contributed by atoms with Crippen LogP contribution in [0.1, 0.15) is 11.4 Å². The minimum absolute atomic E-state index is 0.0578. The maximum absolute atomic E-state index is 12.8. The molecule has 2 aromatic heterocycles. The van der Waals surface area contributed by atoms with Crippen molar-refractivity contribution in [3.05, 3.63) is 81.7 Å². The summed E-state index contributed by atoms with van der Waals surface area (Å²) in [5.74, 6) is 0.723. The largest absolute Gasteiger partial charge is 0.364 e. The van der Waals surface area contributed by atoms with Crippen molar-refractivity contribution in [1.29, 1.82) is 0 Å². The number of hydrogen-bond donors (Lipinski definition) is 1. The van der Waals surface area contributed by atoms with Gasteiger partial charge in [-0.05, 0) is 23.6 Å². The monoisotopic (exact) mass is 359 g/mol. The molecule has 0 spiro atoms. The quantitative estimate of drug-likeness (QED) is 0.596. The summed E-state index contributed by atoms with van der Waals surface area (Å²) in [5.41, 5.74) is 4.55. The maximum atomic E-state index is 12.8. The molecule has 1 aliphatic heterocycles. The molecule has 1 N–H and O–H groups in total. The lowest BCUT2D eigenvalue weighted by molar-refractivity contribution is 0.788. The predicted octanol–water partition coefficient (Wildman–Crippen LogP) is 4.21. The molecule has 3 heterocycles. The molecular weight excluding hydrogens is 342 g/mol.